The number of hydrogen-bond acceptors (Lipinski definition) is 20. The maximum atomic E-state index is 14.9. The van der Waals surface area contributed by atoms with Crippen molar-refractivity contribution in [3.8, 4) is 11.5 Å². The maximum Gasteiger partial charge on any atom is 0.416 e. The van der Waals surface area contributed by atoms with Crippen molar-refractivity contribution >= 4 is 88.6 Å². The number of carbonyl (C=O) groups is 9. The van der Waals surface area contributed by atoms with Gasteiger partial charge in [-0.3, -0.25) is 45.1 Å². The number of amides is 9. The van der Waals surface area contributed by atoms with Crippen LogP contribution < -0.4 is 46.7 Å². The zero-order valence-corrected chi connectivity index (χ0v) is 59.5. The molecule has 3 heterocycles. The third-order valence-corrected chi connectivity index (χ3v) is 13.3. The SMILES string of the molecule is C.CC(=NCCCCC(=O)Nc1cc(C(F)(F)F)cc(NC(=O)c2cc(C(=O)Nc3cc(C(F)(F)F)cc(NC(=O)CCCCN=C(NC(=O)OC(C)(C)C)NC(=O)OC(C)(C)C)c3O[C@@H]3CCN(C(=O)OC(C)(C)C)C3)ncn2)c1O[C@@H]1CCN(C(=O)OC(C)(C)C)C1)NC(=O)OC(C)(C)C. The minimum absolute atomic E-state index is 0. The molecule has 2 aliphatic heterocycles. The van der Waals surface area contributed by atoms with Crippen LogP contribution in [0.15, 0.2) is 46.6 Å². The maximum absolute atomic E-state index is 14.9. The van der Waals surface area contributed by atoms with E-state index in [2.05, 4.69) is 57.2 Å². The second kappa shape index (κ2) is 35.2. The molecule has 2 atom stereocenters. The van der Waals surface area contributed by atoms with E-state index in [4.69, 9.17) is 33.2 Å². The first kappa shape index (κ1) is 84.7. The molecule has 0 aliphatic carbocycles. The fourth-order valence-corrected chi connectivity index (χ4v) is 9.21. The molecule has 102 heavy (non-hydrogen) atoms. The van der Waals surface area contributed by atoms with Crippen molar-refractivity contribution in [3.63, 3.8) is 0 Å². The van der Waals surface area contributed by atoms with E-state index in [1.54, 1.807) is 104 Å². The molecule has 5 rings (SSSR count). The van der Waals surface area contributed by atoms with E-state index < -0.39 is 163 Å². The van der Waals surface area contributed by atoms with Gasteiger partial charge in [0.2, 0.25) is 17.8 Å². The number of unbranched alkanes of at least 4 members (excludes halogenated alkanes) is 2. The molecule has 2 aliphatic rings. The van der Waals surface area contributed by atoms with E-state index in [-0.39, 0.29) is 110 Å². The van der Waals surface area contributed by atoms with Gasteiger partial charge < -0.3 is 64.2 Å². The van der Waals surface area contributed by atoms with Gasteiger partial charge in [0.25, 0.3) is 11.8 Å². The van der Waals surface area contributed by atoms with Crippen LogP contribution in [0.3, 0.4) is 0 Å². The van der Waals surface area contributed by atoms with Crippen molar-refractivity contribution in [1.29, 1.82) is 0 Å². The number of aliphatic imine (C=N–C) groups is 2. The van der Waals surface area contributed by atoms with E-state index in [0.29, 0.717) is 30.6 Å². The Kier molecular flexibility index (Phi) is 29.3. The van der Waals surface area contributed by atoms with E-state index in [1.165, 1.54) is 16.7 Å². The molecule has 2 aromatic carbocycles. The molecule has 0 spiro atoms. The van der Waals surface area contributed by atoms with Gasteiger partial charge in [-0.25, -0.2) is 33.9 Å². The van der Waals surface area contributed by atoms with Crippen LogP contribution in [0.4, 0.5) is 73.1 Å². The second-order valence-corrected chi connectivity index (χ2v) is 28.5. The van der Waals surface area contributed by atoms with E-state index in [9.17, 15) is 69.5 Å². The summed E-state index contributed by atoms with van der Waals surface area (Å²) in [5, 5.41) is 16.6. The molecule has 29 nitrogen and oxygen atoms in total. The summed E-state index contributed by atoms with van der Waals surface area (Å²) < 4.78 is 129. The number of likely N-dealkylation sites (tertiary alicyclic amines) is 2. The largest absolute Gasteiger partial charge is 0.484 e. The topological polar surface area (TPSA) is 359 Å². The number of halogens is 6. The van der Waals surface area contributed by atoms with Crippen molar-refractivity contribution in [3.05, 3.63) is 59.2 Å². The van der Waals surface area contributed by atoms with Crippen molar-refractivity contribution in [1.82, 2.24) is 35.7 Å². The highest BCUT2D eigenvalue weighted by atomic mass is 19.4. The zero-order valence-electron chi connectivity index (χ0n) is 59.5. The Hall–Kier alpha value is -9.73. The number of hydrogen-bond donors (Lipinski definition) is 7. The summed E-state index contributed by atoms with van der Waals surface area (Å²) in [6.45, 7) is 25.8. The number of aromatic nitrogens is 2. The molecular formula is C67H95F6N13O16. The molecule has 2 fully saturated rings. The number of benzene rings is 2. The predicted octanol–water partition coefficient (Wildman–Crippen LogP) is 13.0. The molecule has 2 saturated heterocycles. The molecule has 7 N–H and O–H groups in total. The van der Waals surface area contributed by atoms with Crippen LogP contribution in [0.5, 0.6) is 11.5 Å². The number of anilines is 4. The van der Waals surface area contributed by atoms with E-state index in [0.717, 1.165) is 6.07 Å². The van der Waals surface area contributed by atoms with Gasteiger partial charge in [-0.2, -0.15) is 26.3 Å². The monoisotopic (exact) mass is 1450 g/mol. The molecular weight excluding hydrogens is 1360 g/mol. The fourth-order valence-electron chi connectivity index (χ4n) is 9.21. The lowest BCUT2D eigenvalue weighted by Crippen LogP contribution is -2.47. The minimum atomic E-state index is -5.15. The Balaban J connectivity index is 0.0000220. The second-order valence-electron chi connectivity index (χ2n) is 28.5. The fraction of sp³-hybridized carbons (Fsp3) is 0.597. The summed E-state index contributed by atoms with van der Waals surface area (Å²) >= 11 is 0. The standard InChI is InChI=1S/C66H91F6N13O16.CH4/c1-37(77-55(90)97-60(2,3)4)73-25-19-17-21-48(86)78-42-29-38(65(67,68)69)31-44(50(42)95-40-23-27-84(34-40)58(93)100-63(11,12)13)80-52(88)46-33-47(76-36-75-46)53(89)81-45-32-39(66(70,71)72)30-43(51(45)96-41-24-28-85(35-41)59(94)101-64(14,15)16)79-49(87)22-18-20-26-74-54(82-56(91)98-61(5,6)7)83-57(92)99-62(8,9)10;/h29-33,36,40-41H,17-28,34-35H2,1-16H3,(H,78,86)(H,79,87)(H,80,88)(H,81,89)(H,73,77,90)(H2,74,82,83,91,92);1H4/t40-,41-;/m1./s1. The Morgan fingerprint density at radius 3 is 1.15 bits per heavy atom. The van der Waals surface area contributed by atoms with E-state index in [1.807, 2.05) is 0 Å². The molecule has 9 amide bonds. The summed E-state index contributed by atoms with van der Waals surface area (Å²) in [5.74, 6) is -5.40. The third-order valence-electron chi connectivity index (χ3n) is 13.3. The lowest BCUT2D eigenvalue weighted by atomic mass is 10.1. The van der Waals surface area contributed by atoms with Gasteiger partial charge in [-0.05, 0) is 161 Å². The molecule has 566 valence electrons. The number of carbonyl (C=O) groups excluding carboxylic acids is 9. The molecule has 0 saturated carbocycles. The predicted molar refractivity (Wildman–Crippen MR) is 365 cm³/mol. The molecule has 35 heteroatoms. The number of ether oxygens (including phenoxy) is 7. The van der Waals surface area contributed by atoms with Crippen LogP contribution >= 0.6 is 0 Å². The number of guanidine groups is 1. The Morgan fingerprint density at radius 2 is 0.804 bits per heavy atom. The minimum Gasteiger partial charge on any atom is -0.484 e. The van der Waals surface area contributed by atoms with Crippen LogP contribution in [0.25, 0.3) is 0 Å². The summed E-state index contributed by atoms with van der Waals surface area (Å²) in [4.78, 5) is 139. The van der Waals surface area contributed by atoms with Gasteiger partial charge in [0.1, 0.15) is 63.8 Å². The van der Waals surface area contributed by atoms with E-state index >= 15 is 0 Å². The molecule has 3 aromatic rings. The average molecular weight is 1450 g/mol. The highest BCUT2D eigenvalue weighted by Gasteiger charge is 2.39. The van der Waals surface area contributed by atoms with Crippen molar-refractivity contribution in [2.45, 2.75) is 222 Å². The number of rotatable bonds is 20. The van der Waals surface area contributed by atoms with Gasteiger partial charge >= 0.3 is 42.8 Å². The summed E-state index contributed by atoms with van der Waals surface area (Å²) in [5.41, 5.74) is -11.2. The van der Waals surface area contributed by atoms with Crippen LogP contribution in [0, 0.1) is 0 Å². The van der Waals surface area contributed by atoms with Crippen molar-refractivity contribution in [2.75, 3.05) is 60.5 Å². The van der Waals surface area contributed by atoms with Crippen molar-refractivity contribution in [2.24, 2.45) is 9.98 Å². The number of alkyl carbamates (subject to hydrolysis) is 3. The van der Waals surface area contributed by atoms with Crippen LogP contribution in [-0.4, -0.2) is 165 Å². The summed E-state index contributed by atoms with van der Waals surface area (Å²) in [6, 6.07) is 2.91. The number of amidine groups is 1. The highest BCUT2D eigenvalue weighted by molar-refractivity contribution is 6.09. The first-order valence-electron chi connectivity index (χ1n) is 32.4. The molecule has 0 bridgehead atoms. The quantitative estimate of drug-likeness (QED) is 0.0182. The number of nitrogens with one attached hydrogen (secondary N) is 7. The zero-order chi connectivity index (χ0) is 75.8. The Morgan fingerprint density at radius 1 is 0.471 bits per heavy atom. The Labute approximate surface area is 588 Å². The van der Waals surface area contributed by atoms with Gasteiger partial charge in [0.05, 0.1) is 47.0 Å². The van der Waals surface area contributed by atoms with Gasteiger partial charge in [0.15, 0.2) is 11.5 Å². The van der Waals surface area contributed by atoms with Crippen molar-refractivity contribution < 1.29 is 103 Å². The molecule has 0 radical (unpaired) electrons. The van der Waals surface area contributed by atoms with Gasteiger partial charge in [-0.15, -0.1) is 0 Å². The van der Waals surface area contributed by atoms with Crippen LogP contribution in [0.1, 0.15) is 202 Å². The molecule has 1 aromatic heterocycles. The third kappa shape index (κ3) is 29.8. The van der Waals surface area contributed by atoms with Gasteiger partial charge in [0, 0.05) is 57.9 Å². The van der Waals surface area contributed by atoms with Gasteiger partial charge in [-0.1, -0.05) is 7.43 Å². The smallest absolute Gasteiger partial charge is 0.416 e. The molecule has 0 unspecified atom stereocenters. The number of alkyl halides is 6. The number of nitrogens with zero attached hydrogens (tertiary/aromatic N) is 6. The lowest BCUT2D eigenvalue weighted by Gasteiger charge is -2.25. The first-order valence-corrected chi connectivity index (χ1v) is 32.4. The normalized spacial score (nSPS) is 15.1. The lowest BCUT2D eigenvalue weighted by molar-refractivity contribution is -0.138. The highest BCUT2D eigenvalue weighted by Crippen LogP contribution is 2.44. The first-order chi connectivity index (χ1) is 46.5. The van der Waals surface area contributed by atoms with Crippen LogP contribution in [0.2, 0.25) is 0 Å². The summed E-state index contributed by atoms with van der Waals surface area (Å²) in [7, 11) is 0. The Bertz CT molecular complexity index is 3540. The van der Waals surface area contributed by atoms with Crippen LogP contribution in [-0.2, 0) is 45.6 Å². The summed E-state index contributed by atoms with van der Waals surface area (Å²) in [6.07, 6.45) is -15.6. The average Bonchev–Trinajstić information content (AvgIpc) is 0.862.